The lowest BCUT2D eigenvalue weighted by molar-refractivity contribution is 0.280. The molecule has 1 atom stereocenters. The average Bonchev–Trinajstić information content (AvgIpc) is 2.46. The van der Waals surface area contributed by atoms with Crippen molar-refractivity contribution < 1.29 is 4.74 Å². The average molecular weight is 234 g/mol. The lowest BCUT2D eigenvalue weighted by Gasteiger charge is -2.21. The molecule has 0 fully saturated rings. The van der Waals surface area contributed by atoms with Crippen molar-refractivity contribution in [2.75, 3.05) is 6.61 Å². The molecule has 0 amide bonds. The van der Waals surface area contributed by atoms with Crippen LogP contribution < -0.4 is 4.74 Å². The van der Waals surface area contributed by atoms with E-state index in [4.69, 9.17) is 4.74 Å². The van der Waals surface area contributed by atoms with Crippen LogP contribution in [0, 0.1) is 11.8 Å². The molecule has 0 N–H and O–H groups in total. The van der Waals surface area contributed by atoms with E-state index < -0.39 is 0 Å². The maximum Gasteiger partial charge on any atom is 0.123 e. The third-order valence-electron chi connectivity index (χ3n) is 3.12. The highest BCUT2D eigenvalue weighted by Gasteiger charge is 2.18. The lowest BCUT2D eigenvalue weighted by atomic mass is 9.93. The second-order valence-corrected chi connectivity index (χ2v) is 4.36. The molecule has 1 aliphatic heterocycles. The first kappa shape index (κ1) is 10.9. The lowest BCUT2D eigenvalue weighted by Crippen LogP contribution is -2.12. The van der Waals surface area contributed by atoms with Gasteiger partial charge in [0, 0.05) is 11.1 Å². The summed E-state index contributed by atoms with van der Waals surface area (Å²) in [6.07, 6.45) is 0.969. The molecule has 2 aromatic rings. The first-order valence-corrected chi connectivity index (χ1v) is 6.22. The minimum absolute atomic E-state index is 0.287. The van der Waals surface area contributed by atoms with Crippen molar-refractivity contribution in [2.45, 2.75) is 12.3 Å². The number of rotatable bonds is 0. The maximum atomic E-state index is 5.64. The van der Waals surface area contributed by atoms with Crippen molar-refractivity contribution in [3.8, 4) is 17.6 Å². The Hall–Kier alpha value is -2.20. The normalized spacial score (nSPS) is 17.0. The van der Waals surface area contributed by atoms with Gasteiger partial charge in [-0.05, 0) is 24.6 Å². The van der Waals surface area contributed by atoms with E-state index in [0.717, 1.165) is 24.3 Å². The van der Waals surface area contributed by atoms with E-state index in [1.807, 2.05) is 48.5 Å². The van der Waals surface area contributed by atoms with Crippen LogP contribution in [0.3, 0.4) is 0 Å². The Labute approximate surface area is 107 Å². The molecule has 0 aromatic heterocycles. The van der Waals surface area contributed by atoms with Crippen LogP contribution in [0.1, 0.15) is 23.5 Å². The summed E-state index contributed by atoms with van der Waals surface area (Å²) in [7, 11) is 0. The molecule has 1 heteroatoms. The topological polar surface area (TPSA) is 9.23 Å². The fraction of sp³-hybridized carbons (Fsp3) is 0.176. The summed E-state index contributed by atoms with van der Waals surface area (Å²) in [6, 6.07) is 18.3. The number of ether oxygens (including phenoxy) is 1. The largest absolute Gasteiger partial charge is 0.493 e. The molecule has 0 unspecified atom stereocenters. The van der Waals surface area contributed by atoms with Gasteiger partial charge in [0.1, 0.15) is 5.75 Å². The Morgan fingerprint density at radius 3 is 2.61 bits per heavy atom. The Bertz CT molecular complexity index is 590. The standard InChI is InChI=1S/C17H14O/c1-2-6-14(7-3-1)10-11-15-12-13-18-17-9-5-4-8-16(15)17/h1-9,15H,12-13H2/t15-/m0/s1. The van der Waals surface area contributed by atoms with Crippen LogP contribution in [0.5, 0.6) is 5.75 Å². The number of hydrogen-bond donors (Lipinski definition) is 0. The highest BCUT2D eigenvalue weighted by molar-refractivity contribution is 5.44. The first-order chi connectivity index (χ1) is 8.93. The number of hydrogen-bond acceptors (Lipinski definition) is 1. The molecule has 1 heterocycles. The van der Waals surface area contributed by atoms with E-state index in [1.165, 1.54) is 5.56 Å². The fourth-order valence-electron chi connectivity index (χ4n) is 2.18. The van der Waals surface area contributed by atoms with Gasteiger partial charge >= 0.3 is 0 Å². The van der Waals surface area contributed by atoms with Crippen molar-refractivity contribution in [2.24, 2.45) is 0 Å². The predicted octanol–water partition coefficient (Wildman–Crippen LogP) is 3.60. The zero-order chi connectivity index (χ0) is 12.2. The van der Waals surface area contributed by atoms with Crippen LogP contribution in [0.25, 0.3) is 0 Å². The molecule has 2 aromatic carbocycles. The quantitative estimate of drug-likeness (QED) is 0.633. The molecular weight excluding hydrogens is 220 g/mol. The van der Waals surface area contributed by atoms with Crippen LogP contribution in [0.4, 0.5) is 0 Å². The smallest absolute Gasteiger partial charge is 0.123 e. The Morgan fingerprint density at radius 1 is 0.944 bits per heavy atom. The number of benzene rings is 2. The van der Waals surface area contributed by atoms with Gasteiger partial charge < -0.3 is 4.74 Å². The van der Waals surface area contributed by atoms with Crippen LogP contribution in [-0.4, -0.2) is 6.61 Å². The van der Waals surface area contributed by atoms with Crippen molar-refractivity contribution in [1.82, 2.24) is 0 Å². The van der Waals surface area contributed by atoms with Crippen LogP contribution in [0.2, 0.25) is 0 Å². The van der Waals surface area contributed by atoms with Gasteiger partial charge in [-0.15, -0.1) is 0 Å². The van der Waals surface area contributed by atoms with Gasteiger partial charge in [-0.2, -0.15) is 0 Å². The maximum absolute atomic E-state index is 5.64. The van der Waals surface area contributed by atoms with Crippen molar-refractivity contribution in [1.29, 1.82) is 0 Å². The summed E-state index contributed by atoms with van der Waals surface area (Å²) < 4.78 is 5.64. The molecule has 3 rings (SSSR count). The summed E-state index contributed by atoms with van der Waals surface area (Å²) in [5.41, 5.74) is 2.29. The summed E-state index contributed by atoms with van der Waals surface area (Å²) >= 11 is 0. The van der Waals surface area contributed by atoms with Crippen LogP contribution in [0.15, 0.2) is 54.6 Å². The molecule has 18 heavy (non-hydrogen) atoms. The van der Waals surface area contributed by atoms with Gasteiger partial charge in [0.15, 0.2) is 0 Å². The van der Waals surface area contributed by atoms with E-state index in [2.05, 4.69) is 17.9 Å². The van der Waals surface area contributed by atoms with E-state index in [1.54, 1.807) is 0 Å². The first-order valence-electron chi connectivity index (χ1n) is 6.22. The molecule has 1 aliphatic rings. The molecule has 1 nitrogen and oxygen atoms in total. The molecule has 0 radical (unpaired) electrons. The highest BCUT2D eigenvalue weighted by Crippen LogP contribution is 2.32. The molecule has 88 valence electrons. The minimum atomic E-state index is 0.287. The van der Waals surface area contributed by atoms with E-state index >= 15 is 0 Å². The molecule has 0 bridgehead atoms. The van der Waals surface area contributed by atoms with Gasteiger partial charge in [-0.1, -0.05) is 48.2 Å². The molecule has 0 spiro atoms. The third-order valence-corrected chi connectivity index (χ3v) is 3.12. The van der Waals surface area contributed by atoms with Gasteiger partial charge in [0.25, 0.3) is 0 Å². The molecular formula is C17H14O. The molecule has 0 aliphatic carbocycles. The SMILES string of the molecule is C(#C[C@H]1CCOc2ccccc21)c1ccccc1. The zero-order valence-electron chi connectivity index (χ0n) is 10.1. The van der Waals surface area contributed by atoms with Crippen LogP contribution in [-0.2, 0) is 0 Å². The van der Waals surface area contributed by atoms with Crippen molar-refractivity contribution >= 4 is 0 Å². The summed E-state index contributed by atoms with van der Waals surface area (Å²) in [4.78, 5) is 0. The van der Waals surface area contributed by atoms with Crippen LogP contribution >= 0.6 is 0 Å². The Balaban J connectivity index is 1.89. The predicted molar refractivity (Wildman–Crippen MR) is 72.6 cm³/mol. The van der Waals surface area contributed by atoms with Crippen molar-refractivity contribution in [3.63, 3.8) is 0 Å². The monoisotopic (exact) mass is 234 g/mol. The van der Waals surface area contributed by atoms with E-state index in [9.17, 15) is 0 Å². The van der Waals surface area contributed by atoms with Gasteiger partial charge in [0.2, 0.25) is 0 Å². The molecule has 0 saturated heterocycles. The summed E-state index contributed by atoms with van der Waals surface area (Å²) in [5, 5.41) is 0. The van der Waals surface area contributed by atoms with Gasteiger partial charge in [-0.3, -0.25) is 0 Å². The number of para-hydroxylation sites is 1. The van der Waals surface area contributed by atoms with Gasteiger partial charge in [-0.25, -0.2) is 0 Å². The van der Waals surface area contributed by atoms with E-state index in [-0.39, 0.29) is 5.92 Å². The summed E-state index contributed by atoms with van der Waals surface area (Å²) in [5.74, 6) is 7.88. The zero-order valence-corrected chi connectivity index (χ0v) is 10.1. The second kappa shape index (κ2) is 4.98. The minimum Gasteiger partial charge on any atom is -0.493 e. The third kappa shape index (κ3) is 2.24. The fourth-order valence-corrected chi connectivity index (χ4v) is 2.18. The second-order valence-electron chi connectivity index (χ2n) is 4.36. The van der Waals surface area contributed by atoms with E-state index in [0.29, 0.717) is 0 Å². The Kier molecular flexibility index (Phi) is 3.02. The Morgan fingerprint density at radius 2 is 1.72 bits per heavy atom. The highest BCUT2D eigenvalue weighted by atomic mass is 16.5. The molecule has 0 saturated carbocycles. The number of fused-ring (bicyclic) bond motifs is 1. The van der Waals surface area contributed by atoms with Gasteiger partial charge in [0.05, 0.1) is 12.5 Å². The summed E-state index contributed by atoms with van der Waals surface area (Å²) in [6.45, 7) is 0.755. The van der Waals surface area contributed by atoms with Crippen molar-refractivity contribution in [3.05, 3.63) is 65.7 Å².